The fourth-order valence-electron chi connectivity index (χ4n) is 11.1. The van der Waals surface area contributed by atoms with Gasteiger partial charge in [-0.05, 0) is 84.4 Å². The number of nitrogens with zero attached hydrogens (tertiary/aromatic N) is 6. The number of halogens is 2. The molecule has 2 bridgehead atoms. The van der Waals surface area contributed by atoms with Gasteiger partial charge in [0.1, 0.15) is 37.5 Å². The lowest BCUT2D eigenvalue weighted by atomic mass is 9.94. The van der Waals surface area contributed by atoms with Crippen LogP contribution in [0.25, 0.3) is 32.9 Å². The first-order valence-electron chi connectivity index (χ1n) is 21.3. The second-order valence-electron chi connectivity index (χ2n) is 18.0. The second kappa shape index (κ2) is 16.6. The van der Waals surface area contributed by atoms with Crippen molar-refractivity contribution in [3.63, 3.8) is 0 Å². The van der Waals surface area contributed by atoms with Crippen LogP contribution in [0.3, 0.4) is 0 Å². The van der Waals surface area contributed by atoms with Crippen LogP contribution >= 0.6 is 0 Å². The molecule has 2 aromatic heterocycles. The summed E-state index contributed by atoms with van der Waals surface area (Å²) in [6, 6.07) is 9.17. The number of benzene rings is 2. The lowest BCUT2D eigenvalue weighted by molar-refractivity contribution is 0.0512. The summed E-state index contributed by atoms with van der Waals surface area (Å²) < 4.78 is 49.2. The van der Waals surface area contributed by atoms with Crippen molar-refractivity contribution in [3.05, 3.63) is 59.8 Å². The monoisotopic (exact) mass is 838 g/mol. The summed E-state index contributed by atoms with van der Waals surface area (Å²) in [6.45, 7) is 16.1. The van der Waals surface area contributed by atoms with Crippen molar-refractivity contribution in [2.75, 3.05) is 51.6 Å². The molecular formula is C46H56F2N6O5Si. The number of amides is 1. The Balaban J connectivity index is 1.29. The van der Waals surface area contributed by atoms with Crippen LogP contribution in [0.2, 0.25) is 16.6 Å². The molecule has 1 N–H and O–H groups in total. The summed E-state index contributed by atoms with van der Waals surface area (Å²) >= 11 is 0. The van der Waals surface area contributed by atoms with Gasteiger partial charge in [0.05, 0.1) is 29.3 Å². The number of fused-ring (bicyclic) bond motifs is 5. The molecule has 6 heterocycles. The third-order valence-electron chi connectivity index (χ3n) is 13.8. The minimum atomic E-state index is -2.14. The standard InChI is InChI=1S/C46H56F2N6O5Si/c1-28(2)60(29(3)4,30(5)6)17-14-32-10-8-11-33-18-36(59-27-57-7)19-37(39(32)33)41-40(48)42-38(22-49-41)43(52-24-34-12-13-35(25-52)54(34)45(55)56)51-44(50-42)58-26-46-15-9-16-53(46)23-31(20-46)21-47/h8,10-11,18-19,21-22,28-30,34-35H,9,12-13,15-16,20,23-27H2,1-7H3,(H,55,56)/t34-,35+,46?. The summed E-state index contributed by atoms with van der Waals surface area (Å²) in [5.41, 5.74) is 6.85. The zero-order valence-electron chi connectivity index (χ0n) is 35.7. The van der Waals surface area contributed by atoms with Crippen molar-refractivity contribution in [1.82, 2.24) is 24.8 Å². The highest BCUT2D eigenvalue weighted by molar-refractivity contribution is 6.90. The van der Waals surface area contributed by atoms with E-state index >= 15 is 4.39 Å². The number of ether oxygens (including phenoxy) is 3. The van der Waals surface area contributed by atoms with Gasteiger partial charge in [-0.15, -0.1) is 5.54 Å². The Morgan fingerprint density at radius 2 is 1.80 bits per heavy atom. The van der Waals surface area contributed by atoms with Gasteiger partial charge in [-0.3, -0.25) is 14.8 Å². The van der Waals surface area contributed by atoms with E-state index in [1.54, 1.807) is 24.3 Å². The Morgan fingerprint density at radius 1 is 1.07 bits per heavy atom. The molecule has 0 spiro atoms. The molecule has 8 rings (SSSR count). The first kappa shape index (κ1) is 41.9. The van der Waals surface area contributed by atoms with Crippen LogP contribution in [0.4, 0.5) is 19.4 Å². The maximum atomic E-state index is 17.7. The van der Waals surface area contributed by atoms with Crippen LogP contribution in [0.15, 0.2) is 48.4 Å². The Labute approximate surface area is 352 Å². The van der Waals surface area contributed by atoms with E-state index in [2.05, 4.69) is 57.9 Å². The fourth-order valence-corrected chi connectivity index (χ4v) is 16.3. The van der Waals surface area contributed by atoms with Gasteiger partial charge < -0.3 is 24.2 Å². The minimum absolute atomic E-state index is 0.000689. The maximum Gasteiger partial charge on any atom is 0.407 e. The Morgan fingerprint density at radius 3 is 2.47 bits per heavy atom. The first-order valence-corrected chi connectivity index (χ1v) is 23.5. The molecule has 3 atom stereocenters. The van der Waals surface area contributed by atoms with Gasteiger partial charge in [0, 0.05) is 49.5 Å². The normalized spacial score (nSPS) is 22.4. The van der Waals surface area contributed by atoms with Crippen LogP contribution in [-0.2, 0) is 4.74 Å². The molecule has 0 saturated carbocycles. The Bertz CT molecular complexity index is 2360. The van der Waals surface area contributed by atoms with E-state index in [1.165, 1.54) is 0 Å². The highest BCUT2D eigenvalue weighted by Crippen LogP contribution is 2.44. The zero-order chi connectivity index (χ0) is 42.5. The highest BCUT2D eigenvalue weighted by Gasteiger charge is 2.48. The second-order valence-corrected chi connectivity index (χ2v) is 23.6. The van der Waals surface area contributed by atoms with E-state index in [0.717, 1.165) is 54.1 Å². The summed E-state index contributed by atoms with van der Waals surface area (Å²) in [6.07, 6.45) is 5.19. The number of carbonyl (C=O) groups is 1. The SMILES string of the molecule is COCOc1cc(-c2ncc3c(N4C[C@H]5CC[C@@H](C4)N5C(=O)O)nc(OCC45CCCN4CC(=CF)C5)nc3c2F)c2c(C#C[Si](C(C)C)(C(C)C)C(C)C)cccc2c1. The molecule has 4 aliphatic rings. The number of hydrogen-bond acceptors (Lipinski definition) is 9. The predicted molar refractivity (Wildman–Crippen MR) is 232 cm³/mol. The quantitative estimate of drug-likeness (QED) is 0.0891. The lowest BCUT2D eigenvalue weighted by Gasteiger charge is -2.40. The number of anilines is 1. The number of piperazine rings is 1. The predicted octanol–water partition coefficient (Wildman–Crippen LogP) is 9.34. The third-order valence-corrected chi connectivity index (χ3v) is 20.1. The van der Waals surface area contributed by atoms with E-state index in [0.29, 0.717) is 71.5 Å². The number of rotatable bonds is 11. The lowest BCUT2D eigenvalue weighted by Crippen LogP contribution is -2.55. The van der Waals surface area contributed by atoms with Crippen molar-refractivity contribution in [1.29, 1.82) is 0 Å². The van der Waals surface area contributed by atoms with Gasteiger partial charge in [-0.25, -0.2) is 13.6 Å². The average molecular weight is 839 g/mol. The average Bonchev–Trinajstić information content (AvgIpc) is 3.86. The van der Waals surface area contributed by atoms with Crippen LogP contribution in [-0.4, -0.2) is 108 Å². The van der Waals surface area contributed by atoms with Crippen molar-refractivity contribution in [2.45, 2.75) is 108 Å². The largest absolute Gasteiger partial charge is 0.468 e. The summed E-state index contributed by atoms with van der Waals surface area (Å²) in [5.74, 6) is 3.90. The summed E-state index contributed by atoms with van der Waals surface area (Å²) in [5, 5.41) is 12.0. The topological polar surface area (TPSA) is 113 Å². The van der Waals surface area contributed by atoms with Crippen molar-refractivity contribution < 1.29 is 32.9 Å². The zero-order valence-corrected chi connectivity index (χ0v) is 36.7. The van der Waals surface area contributed by atoms with Crippen LogP contribution < -0.4 is 14.4 Å². The molecule has 0 radical (unpaired) electrons. The molecule has 4 aromatic rings. The third kappa shape index (κ3) is 7.26. The number of methoxy groups -OCH3 is 1. The van der Waals surface area contributed by atoms with E-state index in [1.807, 2.05) is 29.2 Å². The van der Waals surface area contributed by atoms with Crippen molar-refractivity contribution in [3.8, 4) is 34.5 Å². The number of pyridine rings is 1. The van der Waals surface area contributed by atoms with Gasteiger partial charge in [0.15, 0.2) is 12.6 Å². The van der Waals surface area contributed by atoms with Gasteiger partial charge in [0.25, 0.3) is 0 Å². The number of aromatic nitrogens is 3. The van der Waals surface area contributed by atoms with Crippen LogP contribution in [0, 0.1) is 17.3 Å². The van der Waals surface area contributed by atoms with Crippen molar-refractivity contribution in [2.24, 2.45) is 0 Å². The molecule has 1 amide bonds. The molecule has 14 heteroatoms. The maximum absolute atomic E-state index is 17.7. The minimum Gasteiger partial charge on any atom is -0.468 e. The van der Waals surface area contributed by atoms with Crippen LogP contribution in [0.5, 0.6) is 11.8 Å². The van der Waals surface area contributed by atoms with Crippen molar-refractivity contribution >= 4 is 41.7 Å². The highest BCUT2D eigenvalue weighted by atomic mass is 28.3. The Kier molecular flexibility index (Phi) is 11.6. The van der Waals surface area contributed by atoms with E-state index < -0.39 is 25.5 Å². The van der Waals surface area contributed by atoms with Gasteiger partial charge in [0.2, 0.25) is 0 Å². The molecule has 2 aromatic carbocycles. The van der Waals surface area contributed by atoms with Gasteiger partial charge >= 0.3 is 12.1 Å². The molecule has 11 nitrogen and oxygen atoms in total. The molecular weight excluding hydrogens is 783 g/mol. The number of carboxylic acid groups (broad SMARTS) is 1. The van der Waals surface area contributed by atoms with Gasteiger partial charge in [-0.2, -0.15) is 9.97 Å². The summed E-state index contributed by atoms with van der Waals surface area (Å²) in [4.78, 5) is 32.5. The van der Waals surface area contributed by atoms with E-state index in [-0.39, 0.29) is 42.7 Å². The number of hydrogen-bond donors (Lipinski definition) is 1. The molecule has 4 fully saturated rings. The first-order chi connectivity index (χ1) is 28.8. The fraction of sp³-hybridized carbons (Fsp3) is 0.522. The molecule has 4 saturated heterocycles. The molecule has 1 unspecified atom stereocenters. The molecule has 0 aliphatic carbocycles. The smallest absolute Gasteiger partial charge is 0.407 e. The molecule has 318 valence electrons. The Hall–Kier alpha value is -4.84. The van der Waals surface area contributed by atoms with Crippen LogP contribution in [0.1, 0.15) is 79.2 Å². The molecule has 4 aliphatic heterocycles. The van der Waals surface area contributed by atoms with E-state index in [4.69, 9.17) is 29.2 Å². The summed E-state index contributed by atoms with van der Waals surface area (Å²) in [7, 11) is -0.589. The van der Waals surface area contributed by atoms with E-state index in [9.17, 15) is 14.3 Å². The van der Waals surface area contributed by atoms with Gasteiger partial charge in [-0.1, -0.05) is 59.6 Å². The molecule has 60 heavy (non-hydrogen) atoms.